The van der Waals surface area contributed by atoms with E-state index in [1.807, 2.05) is 30.3 Å². The number of hydrogen-bond acceptors (Lipinski definition) is 6. The van der Waals surface area contributed by atoms with Crippen LogP contribution in [0.2, 0.25) is 0 Å². The zero-order valence-corrected chi connectivity index (χ0v) is 17.0. The number of ether oxygens (including phenoxy) is 5. The standard InChI is InChI=1S/C24H24O6/c1-26-20-9-11-21(12-10-20)28-14-15-29-24(25)19-8-13-22(23(16-19)27-2)30-17-18-6-4-3-5-7-18/h3-13,16H,14-15,17H2,1-2H3. The number of methoxy groups -OCH3 is 2. The third kappa shape index (κ3) is 5.91. The van der Waals surface area contributed by atoms with E-state index in [2.05, 4.69) is 0 Å². The van der Waals surface area contributed by atoms with E-state index in [0.29, 0.717) is 29.4 Å². The Bertz CT molecular complexity index is 938. The van der Waals surface area contributed by atoms with E-state index in [0.717, 1.165) is 11.3 Å². The Morgan fingerprint density at radius 2 is 1.47 bits per heavy atom. The van der Waals surface area contributed by atoms with Crippen molar-refractivity contribution in [1.29, 1.82) is 0 Å². The molecule has 0 fully saturated rings. The minimum atomic E-state index is -0.457. The summed E-state index contributed by atoms with van der Waals surface area (Å²) in [6, 6.07) is 21.9. The van der Waals surface area contributed by atoms with Gasteiger partial charge in [-0.3, -0.25) is 0 Å². The highest BCUT2D eigenvalue weighted by Gasteiger charge is 2.13. The highest BCUT2D eigenvalue weighted by atomic mass is 16.6. The van der Waals surface area contributed by atoms with Crippen LogP contribution in [-0.2, 0) is 11.3 Å². The largest absolute Gasteiger partial charge is 0.497 e. The van der Waals surface area contributed by atoms with Gasteiger partial charge in [-0.1, -0.05) is 30.3 Å². The van der Waals surface area contributed by atoms with Crippen LogP contribution < -0.4 is 18.9 Å². The second-order valence-corrected chi connectivity index (χ2v) is 6.30. The molecule has 0 saturated carbocycles. The van der Waals surface area contributed by atoms with Crippen LogP contribution in [0.25, 0.3) is 0 Å². The summed E-state index contributed by atoms with van der Waals surface area (Å²) >= 11 is 0. The average molecular weight is 408 g/mol. The molecule has 0 aliphatic heterocycles. The molecule has 0 unspecified atom stereocenters. The highest BCUT2D eigenvalue weighted by Crippen LogP contribution is 2.29. The molecule has 0 amide bonds. The number of carbonyl (C=O) groups is 1. The summed E-state index contributed by atoms with van der Waals surface area (Å²) < 4.78 is 27.1. The lowest BCUT2D eigenvalue weighted by Gasteiger charge is -2.12. The first-order chi connectivity index (χ1) is 14.7. The molecule has 3 rings (SSSR count). The summed E-state index contributed by atoms with van der Waals surface area (Å²) in [5.74, 6) is 1.99. The van der Waals surface area contributed by atoms with Crippen molar-refractivity contribution < 1.29 is 28.5 Å². The minimum absolute atomic E-state index is 0.124. The molecule has 3 aromatic carbocycles. The topological polar surface area (TPSA) is 63.2 Å². The van der Waals surface area contributed by atoms with Crippen LogP contribution >= 0.6 is 0 Å². The van der Waals surface area contributed by atoms with Gasteiger partial charge >= 0.3 is 5.97 Å². The SMILES string of the molecule is COc1ccc(OCCOC(=O)c2ccc(OCc3ccccc3)c(OC)c2)cc1. The van der Waals surface area contributed by atoms with Crippen LogP contribution in [0.5, 0.6) is 23.0 Å². The van der Waals surface area contributed by atoms with Gasteiger partial charge in [0.1, 0.15) is 31.3 Å². The van der Waals surface area contributed by atoms with Gasteiger partial charge in [0.05, 0.1) is 19.8 Å². The lowest BCUT2D eigenvalue weighted by molar-refractivity contribution is 0.0450. The Balaban J connectivity index is 1.50. The van der Waals surface area contributed by atoms with Gasteiger partial charge in [-0.15, -0.1) is 0 Å². The molecule has 0 bridgehead atoms. The van der Waals surface area contributed by atoms with Crippen molar-refractivity contribution in [3.63, 3.8) is 0 Å². The van der Waals surface area contributed by atoms with Crippen LogP contribution in [0.1, 0.15) is 15.9 Å². The van der Waals surface area contributed by atoms with Crippen LogP contribution in [-0.4, -0.2) is 33.4 Å². The molecule has 0 aliphatic rings. The Morgan fingerprint density at radius 3 is 2.17 bits per heavy atom. The van der Waals surface area contributed by atoms with Crippen molar-refractivity contribution in [2.24, 2.45) is 0 Å². The molecule has 0 heterocycles. The van der Waals surface area contributed by atoms with Crippen molar-refractivity contribution in [1.82, 2.24) is 0 Å². The van der Waals surface area contributed by atoms with Gasteiger partial charge in [0, 0.05) is 0 Å². The molecule has 0 radical (unpaired) electrons. The third-order valence-corrected chi connectivity index (χ3v) is 4.28. The van der Waals surface area contributed by atoms with E-state index in [4.69, 9.17) is 23.7 Å². The molecule has 0 spiro atoms. The monoisotopic (exact) mass is 408 g/mol. The fraction of sp³-hybridized carbons (Fsp3) is 0.208. The van der Waals surface area contributed by atoms with Crippen molar-refractivity contribution >= 4 is 5.97 Å². The predicted molar refractivity (Wildman–Crippen MR) is 113 cm³/mol. The van der Waals surface area contributed by atoms with Gasteiger partial charge in [0.25, 0.3) is 0 Å². The molecule has 6 heteroatoms. The zero-order chi connectivity index (χ0) is 21.2. The summed E-state index contributed by atoms with van der Waals surface area (Å²) in [5.41, 5.74) is 1.42. The summed E-state index contributed by atoms with van der Waals surface area (Å²) in [5, 5.41) is 0. The molecule has 0 aliphatic carbocycles. The number of benzene rings is 3. The van der Waals surface area contributed by atoms with Crippen LogP contribution in [0.15, 0.2) is 72.8 Å². The quantitative estimate of drug-likeness (QED) is 0.363. The highest BCUT2D eigenvalue weighted by molar-refractivity contribution is 5.90. The normalized spacial score (nSPS) is 10.2. The van der Waals surface area contributed by atoms with Crippen LogP contribution in [0.4, 0.5) is 0 Å². The van der Waals surface area contributed by atoms with Gasteiger partial charge < -0.3 is 23.7 Å². The molecule has 0 N–H and O–H groups in total. The molecule has 30 heavy (non-hydrogen) atoms. The first kappa shape index (κ1) is 21.0. The van der Waals surface area contributed by atoms with Crippen molar-refractivity contribution in [2.75, 3.05) is 27.4 Å². The van der Waals surface area contributed by atoms with Crippen LogP contribution in [0, 0.1) is 0 Å². The fourth-order valence-electron chi connectivity index (χ4n) is 2.70. The number of carbonyl (C=O) groups excluding carboxylic acids is 1. The van der Waals surface area contributed by atoms with E-state index >= 15 is 0 Å². The summed E-state index contributed by atoms with van der Waals surface area (Å²) in [7, 11) is 3.13. The lowest BCUT2D eigenvalue weighted by Crippen LogP contribution is -2.12. The number of rotatable bonds is 10. The Kier molecular flexibility index (Phi) is 7.55. The molecule has 0 saturated heterocycles. The van der Waals surface area contributed by atoms with Gasteiger partial charge in [0.15, 0.2) is 11.5 Å². The molecule has 0 atom stereocenters. The lowest BCUT2D eigenvalue weighted by atomic mass is 10.2. The maximum atomic E-state index is 12.3. The maximum absolute atomic E-state index is 12.3. The number of hydrogen-bond donors (Lipinski definition) is 0. The first-order valence-corrected chi connectivity index (χ1v) is 9.48. The van der Waals surface area contributed by atoms with Crippen molar-refractivity contribution in [2.45, 2.75) is 6.61 Å². The van der Waals surface area contributed by atoms with E-state index in [1.54, 1.807) is 49.6 Å². The van der Waals surface area contributed by atoms with Gasteiger partial charge in [-0.25, -0.2) is 4.79 Å². The molecular weight excluding hydrogens is 384 g/mol. The number of esters is 1. The Hall–Kier alpha value is -3.67. The van der Waals surface area contributed by atoms with E-state index in [-0.39, 0.29) is 13.2 Å². The van der Waals surface area contributed by atoms with Gasteiger partial charge in [-0.05, 0) is 48.0 Å². The minimum Gasteiger partial charge on any atom is -0.497 e. The van der Waals surface area contributed by atoms with Gasteiger partial charge in [-0.2, -0.15) is 0 Å². The second-order valence-electron chi connectivity index (χ2n) is 6.30. The van der Waals surface area contributed by atoms with Gasteiger partial charge in [0.2, 0.25) is 0 Å². The fourth-order valence-corrected chi connectivity index (χ4v) is 2.70. The van der Waals surface area contributed by atoms with Crippen molar-refractivity contribution in [3.05, 3.63) is 83.9 Å². The Morgan fingerprint density at radius 1 is 0.733 bits per heavy atom. The maximum Gasteiger partial charge on any atom is 0.338 e. The van der Waals surface area contributed by atoms with E-state index in [1.165, 1.54) is 7.11 Å². The third-order valence-electron chi connectivity index (χ3n) is 4.28. The molecule has 156 valence electrons. The Labute approximate surface area is 175 Å². The molecule has 6 nitrogen and oxygen atoms in total. The summed E-state index contributed by atoms with van der Waals surface area (Å²) in [6.07, 6.45) is 0. The first-order valence-electron chi connectivity index (χ1n) is 9.48. The van der Waals surface area contributed by atoms with Crippen LogP contribution in [0.3, 0.4) is 0 Å². The smallest absolute Gasteiger partial charge is 0.338 e. The summed E-state index contributed by atoms with van der Waals surface area (Å²) in [6.45, 7) is 0.774. The molecule has 3 aromatic rings. The molecule has 0 aromatic heterocycles. The average Bonchev–Trinajstić information content (AvgIpc) is 2.81. The molecular formula is C24H24O6. The van der Waals surface area contributed by atoms with E-state index in [9.17, 15) is 4.79 Å². The van der Waals surface area contributed by atoms with Crippen molar-refractivity contribution in [3.8, 4) is 23.0 Å². The predicted octanol–water partition coefficient (Wildman–Crippen LogP) is 4.52. The second kappa shape index (κ2) is 10.8. The zero-order valence-electron chi connectivity index (χ0n) is 17.0. The van der Waals surface area contributed by atoms with E-state index < -0.39 is 5.97 Å². The summed E-state index contributed by atoms with van der Waals surface area (Å²) in [4.78, 5) is 12.3.